The molecule has 6 heteroatoms. The second-order valence-electron chi connectivity index (χ2n) is 5.57. The Hall–Kier alpha value is -2.65. The minimum Gasteiger partial charge on any atom is -0.493 e. The first kappa shape index (κ1) is 17.2. The Morgan fingerprint density at radius 2 is 1.96 bits per heavy atom. The highest BCUT2D eigenvalue weighted by Crippen LogP contribution is 2.36. The number of thioether (sulfide) groups is 1. The highest BCUT2D eigenvalue weighted by molar-refractivity contribution is 8.00. The molecule has 0 saturated carbocycles. The number of carbonyl (C=O) groups is 1. The van der Waals surface area contributed by atoms with E-state index in [9.17, 15) is 4.79 Å². The molecular weight excluding hydrogens is 336 g/mol. The van der Waals surface area contributed by atoms with Crippen LogP contribution in [0.5, 0.6) is 11.5 Å². The number of amides is 1. The summed E-state index contributed by atoms with van der Waals surface area (Å²) in [6.45, 7) is 0.577. The number of carbonyl (C=O) groups excluding carboxylic acids is 1. The largest absolute Gasteiger partial charge is 0.493 e. The molecule has 5 nitrogen and oxygen atoms in total. The standard InChI is InChI=1S/C19H18N2O3S/c1-23-16-6-4-13(9-17(16)24-2)7-8-21-15-5-3-14(11-20)10-18(15)25-12-19(21)22/h3-6,9-10H,7-8,12H2,1-2H3. The smallest absolute Gasteiger partial charge is 0.237 e. The van der Waals surface area contributed by atoms with Gasteiger partial charge in [0.25, 0.3) is 0 Å². The molecule has 0 N–H and O–H groups in total. The first-order chi connectivity index (χ1) is 12.2. The third-order valence-electron chi connectivity index (χ3n) is 4.10. The maximum atomic E-state index is 12.4. The summed E-state index contributed by atoms with van der Waals surface area (Å²) in [4.78, 5) is 15.1. The SMILES string of the molecule is COc1ccc(CCN2C(=O)CSc3cc(C#N)ccc32)cc1OC. The first-order valence-electron chi connectivity index (χ1n) is 7.84. The summed E-state index contributed by atoms with van der Waals surface area (Å²) < 4.78 is 10.6. The molecule has 2 aromatic rings. The van der Waals surface area contributed by atoms with Crippen molar-refractivity contribution < 1.29 is 14.3 Å². The maximum absolute atomic E-state index is 12.4. The summed E-state index contributed by atoms with van der Waals surface area (Å²) in [7, 11) is 3.21. The number of methoxy groups -OCH3 is 2. The van der Waals surface area contributed by atoms with E-state index in [2.05, 4.69) is 6.07 Å². The van der Waals surface area contributed by atoms with Crippen LogP contribution in [0.1, 0.15) is 11.1 Å². The van der Waals surface area contributed by atoms with E-state index in [0.29, 0.717) is 35.8 Å². The minimum atomic E-state index is 0.0858. The van der Waals surface area contributed by atoms with Crippen molar-refractivity contribution in [3.05, 3.63) is 47.5 Å². The fourth-order valence-corrected chi connectivity index (χ4v) is 3.77. The van der Waals surface area contributed by atoms with E-state index in [1.54, 1.807) is 25.2 Å². The molecule has 0 spiro atoms. The molecule has 0 unspecified atom stereocenters. The van der Waals surface area contributed by atoms with Crippen molar-refractivity contribution in [2.75, 3.05) is 31.4 Å². The molecule has 0 atom stereocenters. The predicted molar refractivity (Wildman–Crippen MR) is 97.5 cm³/mol. The van der Waals surface area contributed by atoms with E-state index < -0.39 is 0 Å². The molecule has 0 saturated heterocycles. The zero-order valence-electron chi connectivity index (χ0n) is 14.1. The fraction of sp³-hybridized carbons (Fsp3) is 0.263. The Morgan fingerprint density at radius 3 is 2.68 bits per heavy atom. The van der Waals surface area contributed by atoms with Crippen LogP contribution in [0.25, 0.3) is 0 Å². The number of hydrogen-bond acceptors (Lipinski definition) is 5. The molecule has 1 aliphatic rings. The van der Waals surface area contributed by atoms with Crippen LogP contribution in [0.3, 0.4) is 0 Å². The second kappa shape index (κ2) is 7.49. The lowest BCUT2D eigenvalue weighted by Gasteiger charge is -2.29. The van der Waals surface area contributed by atoms with Gasteiger partial charge in [0.2, 0.25) is 5.91 Å². The van der Waals surface area contributed by atoms with Crippen molar-refractivity contribution in [3.8, 4) is 17.6 Å². The molecular formula is C19H18N2O3S. The summed E-state index contributed by atoms with van der Waals surface area (Å²) in [5.41, 5.74) is 2.56. The quantitative estimate of drug-likeness (QED) is 0.825. The van der Waals surface area contributed by atoms with E-state index in [1.807, 2.05) is 30.3 Å². The number of fused-ring (bicyclic) bond motifs is 1. The molecule has 0 fully saturated rings. The van der Waals surface area contributed by atoms with Gasteiger partial charge >= 0.3 is 0 Å². The summed E-state index contributed by atoms with van der Waals surface area (Å²) in [6.07, 6.45) is 0.705. The van der Waals surface area contributed by atoms with Gasteiger partial charge in [0.1, 0.15) is 0 Å². The lowest BCUT2D eigenvalue weighted by atomic mass is 10.1. The van der Waals surface area contributed by atoms with Gasteiger partial charge in [0, 0.05) is 11.4 Å². The average Bonchev–Trinajstić information content (AvgIpc) is 2.66. The minimum absolute atomic E-state index is 0.0858. The van der Waals surface area contributed by atoms with Crippen LogP contribution >= 0.6 is 11.8 Å². The van der Waals surface area contributed by atoms with Gasteiger partial charge in [-0.1, -0.05) is 6.07 Å². The Morgan fingerprint density at radius 1 is 1.16 bits per heavy atom. The van der Waals surface area contributed by atoms with E-state index in [4.69, 9.17) is 14.7 Å². The third kappa shape index (κ3) is 3.57. The van der Waals surface area contributed by atoms with Crippen LogP contribution in [-0.4, -0.2) is 32.4 Å². The van der Waals surface area contributed by atoms with E-state index in [-0.39, 0.29) is 5.91 Å². The second-order valence-corrected chi connectivity index (χ2v) is 6.58. The van der Waals surface area contributed by atoms with Crippen molar-refractivity contribution in [3.63, 3.8) is 0 Å². The number of rotatable bonds is 5. The molecule has 1 aliphatic heterocycles. The Balaban J connectivity index is 1.80. The lowest BCUT2D eigenvalue weighted by molar-refractivity contribution is -0.116. The summed E-state index contributed by atoms with van der Waals surface area (Å²) in [6, 6.07) is 13.4. The highest BCUT2D eigenvalue weighted by atomic mass is 32.2. The molecule has 0 aliphatic carbocycles. The van der Waals surface area contributed by atoms with Gasteiger partial charge < -0.3 is 14.4 Å². The molecule has 2 aromatic carbocycles. The molecule has 25 heavy (non-hydrogen) atoms. The Kier molecular flexibility index (Phi) is 5.15. The van der Waals surface area contributed by atoms with E-state index in [1.165, 1.54) is 11.8 Å². The molecule has 0 bridgehead atoms. The normalized spacial score (nSPS) is 13.2. The van der Waals surface area contributed by atoms with Crippen molar-refractivity contribution in [2.24, 2.45) is 0 Å². The van der Waals surface area contributed by atoms with Gasteiger partial charge in [-0.2, -0.15) is 5.26 Å². The topological polar surface area (TPSA) is 62.6 Å². The monoisotopic (exact) mass is 354 g/mol. The van der Waals surface area contributed by atoms with Gasteiger partial charge in [-0.15, -0.1) is 11.8 Å². The number of ether oxygens (including phenoxy) is 2. The maximum Gasteiger partial charge on any atom is 0.237 e. The Labute approximate surface area is 151 Å². The van der Waals surface area contributed by atoms with Crippen LogP contribution in [0.2, 0.25) is 0 Å². The van der Waals surface area contributed by atoms with Gasteiger partial charge in [-0.25, -0.2) is 0 Å². The van der Waals surface area contributed by atoms with Gasteiger partial charge in [0.05, 0.1) is 37.3 Å². The Bertz CT molecular complexity index is 845. The van der Waals surface area contributed by atoms with E-state index >= 15 is 0 Å². The molecule has 1 amide bonds. The number of benzene rings is 2. The summed E-state index contributed by atoms with van der Waals surface area (Å²) >= 11 is 1.48. The van der Waals surface area contributed by atoms with Crippen LogP contribution < -0.4 is 14.4 Å². The number of nitriles is 1. The number of nitrogens with zero attached hydrogens (tertiary/aromatic N) is 2. The summed E-state index contributed by atoms with van der Waals surface area (Å²) in [5.74, 6) is 1.85. The van der Waals surface area contributed by atoms with Crippen molar-refractivity contribution in [1.29, 1.82) is 5.26 Å². The molecule has 0 aromatic heterocycles. The predicted octanol–water partition coefficient (Wildman–Crippen LogP) is 3.26. The average molecular weight is 354 g/mol. The van der Waals surface area contributed by atoms with E-state index in [0.717, 1.165) is 16.1 Å². The van der Waals surface area contributed by atoms with Crippen LogP contribution in [0, 0.1) is 11.3 Å². The van der Waals surface area contributed by atoms with Crippen molar-refractivity contribution >= 4 is 23.4 Å². The molecule has 3 rings (SSSR count). The lowest BCUT2D eigenvalue weighted by Crippen LogP contribution is -2.37. The van der Waals surface area contributed by atoms with Crippen LogP contribution in [-0.2, 0) is 11.2 Å². The zero-order valence-corrected chi connectivity index (χ0v) is 14.9. The molecule has 0 radical (unpaired) electrons. The van der Waals surface area contributed by atoms with Crippen molar-refractivity contribution in [1.82, 2.24) is 0 Å². The number of hydrogen-bond donors (Lipinski definition) is 0. The van der Waals surface area contributed by atoms with Gasteiger partial charge in [0.15, 0.2) is 11.5 Å². The number of anilines is 1. The van der Waals surface area contributed by atoms with Crippen LogP contribution in [0.4, 0.5) is 5.69 Å². The zero-order chi connectivity index (χ0) is 17.8. The van der Waals surface area contributed by atoms with Gasteiger partial charge in [-0.05, 0) is 42.3 Å². The third-order valence-corrected chi connectivity index (χ3v) is 5.13. The molecule has 1 heterocycles. The first-order valence-corrected chi connectivity index (χ1v) is 8.83. The van der Waals surface area contributed by atoms with Crippen LogP contribution in [0.15, 0.2) is 41.3 Å². The summed E-state index contributed by atoms with van der Waals surface area (Å²) in [5, 5.41) is 9.04. The highest BCUT2D eigenvalue weighted by Gasteiger charge is 2.24. The van der Waals surface area contributed by atoms with Crippen molar-refractivity contribution in [2.45, 2.75) is 11.3 Å². The van der Waals surface area contributed by atoms with Gasteiger partial charge in [-0.3, -0.25) is 4.79 Å². The molecule has 128 valence electrons. The fourth-order valence-electron chi connectivity index (χ4n) is 2.80.